The SMILES string of the molecule is CCOC(=O)c1cc(-c2ccccc2F)ns1. The molecule has 17 heavy (non-hydrogen) atoms. The molecular formula is C12H10FNO2S. The Kier molecular flexibility index (Phi) is 3.49. The largest absolute Gasteiger partial charge is 0.462 e. The van der Waals surface area contributed by atoms with Gasteiger partial charge in [0.15, 0.2) is 0 Å². The van der Waals surface area contributed by atoms with Gasteiger partial charge < -0.3 is 4.74 Å². The summed E-state index contributed by atoms with van der Waals surface area (Å²) >= 11 is 1.01. The summed E-state index contributed by atoms with van der Waals surface area (Å²) in [5, 5.41) is 0. The van der Waals surface area contributed by atoms with Gasteiger partial charge in [-0.3, -0.25) is 0 Å². The fourth-order valence-corrected chi connectivity index (χ4v) is 2.02. The summed E-state index contributed by atoms with van der Waals surface area (Å²) in [7, 11) is 0. The molecule has 1 aromatic carbocycles. The second-order valence-electron chi connectivity index (χ2n) is 3.28. The standard InChI is InChI=1S/C12H10FNO2S/c1-2-16-12(15)11-7-10(14-17-11)8-5-3-4-6-9(8)13/h3-7H,2H2,1H3. The number of carbonyl (C=O) groups is 1. The van der Waals surface area contributed by atoms with Crippen LogP contribution in [-0.2, 0) is 4.74 Å². The lowest BCUT2D eigenvalue weighted by Gasteiger charge is -1.97. The van der Waals surface area contributed by atoms with Crippen LogP contribution in [0.25, 0.3) is 11.3 Å². The van der Waals surface area contributed by atoms with Gasteiger partial charge >= 0.3 is 5.97 Å². The highest BCUT2D eigenvalue weighted by Gasteiger charge is 2.14. The van der Waals surface area contributed by atoms with Gasteiger partial charge in [0.05, 0.1) is 12.3 Å². The van der Waals surface area contributed by atoms with E-state index >= 15 is 0 Å². The molecule has 0 aliphatic rings. The third-order valence-electron chi connectivity index (χ3n) is 2.14. The van der Waals surface area contributed by atoms with E-state index in [0.29, 0.717) is 22.7 Å². The van der Waals surface area contributed by atoms with E-state index in [4.69, 9.17) is 4.74 Å². The van der Waals surface area contributed by atoms with Gasteiger partial charge in [0, 0.05) is 5.56 Å². The molecule has 0 fully saturated rings. The quantitative estimate of drug-likeness (QED) is 0.787. The van der Waals surface area contributed by atoms with Gasteiger partial charge in [0.2, 0.25) is 0 Å². The monoisotopic (exact) mass is 251 g/mol. The second kappa shape index (κ2) is 5.05. The number of rotatable bonds is 3. The molecule has 0 spiro atoms. The minimum absolute atomic E-state index is 0.311. The maximum absolute atomic E-state index is 13.5. The van der Waals surface area contributed by atoms with Crippen LogP contribution in [0.2, 0.25) is 0 Å². The summed E-state index contributed by atoms with van der Waals surface area (Å²) in [6.45, 7) is 2.04. The van der Waals surface area contributed by atoms with Crippen molar-refractivity contribution in [2.24, 2.45) is 0 Å². The van der Waals surface area contributed by atoms with E-state index in [2.05, 4.69) is 4.37 Å². The molecule has 2 aromatic rings. The average Bonchev–Trinajstić information content (AvgIpc) is 2.79. The van der Waals surface area contributed by atoms with Gasteiger partial charge in [-0.2, -0.15) is 4.37 Å². The Morgan fingerprint density at radius 2 is 2.24 bits per heavy atom. The predicted molar refractivity (Wildman–Crippen MR) is 63.5 cm³/mol. The molecule has 0 amide bonds. The molecule has 3 nitrogen and oxygen atoms in total. The Bertz CT molecular complexity index is 539. The first kappa shape index (κ1) is 11.7. The van der Waals surface area contributed by atoms with Crippen LogP contribution >= 0.6 is 11.5 Å². The molecule has 0 atom stereocenters. The number of ether oxygens (including phenoxy) is 1. The topological polar surface area (TPSA) is 39.2 Å². The van der Waals surface area contributed by atoms with Crippen LogP contribution < -0.4 is 0 Å². The molecule has 0 unspecified atom stereocenters. The first-order valence-corrected chi connectivity index (χ1v) is 5.88. The Morgan fingerprint density at radius 1 is 1.47 bits per heavy atom. The lowest BCUT2D eigenvalue weighted by molar-refractivity contribution is 0.0532. The third kappa shape index (κ3) is 2.50. The molecule has 1 aromatic heterocycles. The highest BCUT2D eigenvalue weighted by atomic mass is 32.1. The van der Waals surface area contributed by atoms with Crippen molar-refractivity contribution < 1.29 is 13.9 Å². The zero-order valence-electron chi connectivity index (χ0n) is 9.14. The Hall–Kier alpha value is -1.75. The smallest absolute Gasteiger partial charge is 0.349 e. The van der Waals surface area contributed by atoms with Gasteiger partial charge in [-0.1, -0.05) is 12.1 Å². The molecule has 88 valence electrons. The van der Waals surface area contributed by atoms with E-state index in [-0.39, 0.29) is 5.82 Å². The average molecular weight is 251 g/mol. The van der Waals surface area contributed by atoms with Crippen LogP contribution in [0.3, 0.4) is 0 Å². The minimum Gasteiger partial charge on any atom is -0.462 e. The van der Waals surface area contributed by atoms with Crippen molar-refractivity contribution in [2.45, 2.75) is 6.92 Å². The number of nitrogens with zero attached hydrogens (tertiary/aromatic N) is 1. The van der Waals surface area contributed by atoms with E-state index in [1.807, 2.05) is 0 Å². The van der Waals surface area contributed by atoms with Crippen LogP contribution in [0.15, 0.2) is 30.3 Å². The number of halogens is 1. The Balaban J connectivity index is 2.30. The second-order valence-corrected chi connectivity index (χ2v) is 4.08. The maximum atomic E-state index is 13.5. The fourth-order valence-electron chi connectivity index (χ4n) is 1.37. The van der Waals surface area contributed by atoms with Crippen LogP contribution in [0.1, 0.15) is 16.6 Å². The Labute approximate surface area is 102 Å². The fraction of sp³-hybridized carbons (Fsp3) is 0.167. The van der Waals surface area contributed by atoms with Gasteiger partial charge in [0.25, 0.3) is 0 Å². The van der Waals surface area contributed by atoms with Crippen molar-refractivity contribution >= 4 is 17.5 Å². The molecule has 2 rings (SSSR count). The van der Waals surface area contributed by atoms with E-state index < -0.39 is 5.97 Å². The number of esters is 1. The molecular weight excluding hydrogens is 241 g/mol. The summed E-state index contributed by atoms with van der Waals surface area (Å²) in [6, 6.07) is 7.86. The maximum Gasteiger partial charge on any atom is 0.349 e. The van der Waals surface area contributed by atoms with Crippen molar-refractivity contribution in [1.29, 1.82) is 0 Å². The number of aromatic nitrogens is 1. The Morgan fingerprint density at radius 3 is 2.94 bits per heavy atom. The van der Waals surface area contributed by atoms with Gasteiger partial charge in [-0.25, -0.2) is 9.18 Å². The molecule has 0 aliphatic carbocycles. The number of carbonyl (C=O) groups excluding carboxylic acids is 1. The van der Waals surface area contributed by atoms with Crippen molar-refractivity contribution in [3.8, 4) is 11.3 Å². The zero-order chi connectivity index (χ0) is 12.3. The van der Waals surface area contributed by atoms with E-state index in [1.165, 1.54) is 6.07 Å². The van der Waals surface area contributed by atoms with Crippen LogP contribution in [0.4, 0.5) is 4.39 Å². The van der Waals surface area contributed by atoms with E-state index in [9.17, 15) is 9.18 Å². The molecule has 1 heterocycles. The third-order valence-corrected chi connectivity index (χ3v) is 2.91. The van der Waals surface area contributed by atoms with Crippen LogP contribution in [0.5, 0.6) is 0 Å². The molecule has 0 radical (unpaired) electrons. The summed E-state index contributed by atoms with van der Waals surface area (Å²) < 4.78 is 22.4. The predicted octanol–water partition coefficient (Wildman–Crippen LogP) is 3.13. The number of hydrogen-bond donors (Lipinski definition) is 0. The summed E-state index contributed by atoms with van der Waals surface area (Å²) in [6.07, 6.45) is 0. The highest BCUT2D eigenvalue weighted by molar-refractivity contribution is 7.08. The zero-order valence-corrected chi connectivity index (χ0v) is 9.96. The first-order valence-electron chi connectivity index (χ1n) is 5.11. The normalized spacial score (nSPS) is 10.2. The van der Waals surface area contributed by atoms with Crippen LogP contribution in [0, 0.1) is 5.82 Å². The van der Waals surface area contributed by atoms with Crippen molar-refractivity contribution in [1.82, 2.24) is 4.37 Å². The molecule has 0 aliphatic heterocycles. The van der Waals surface area contributed by atoms with Crippen LogP contribution in [-0.4, -0.2) is 16.9 Å². The molecule has 0 N–H and O–H groups in total. The van der Waals surface area contributed by atoms with Gasteiger partial charge in [-0.15, -0.1) is 0 Å². The summed E-state index contributed by atoms with van der Waals surface area (Å²) in [5.74, 6) is -0.777. The van der Waals surface area contributed by atoms with Crippen molar-refractivity contribution in [3.05, 3.63) is 41.0 Å². The number of benzene rings is 1. The van der Waals surface area contributed by atoms with E-state index in [1.54, 1.807) is 31.2 Å². The van der Waals surface area contributed by atoms with Gasteiger partial charge in [-0.05, 0) is 36.7 Å². The van der Waals surface area contributed by atoms with Crippen molar-refractivity contribution in [3.63, 3.8) is 0 Å². The lowest BCUT2D eigenvalue weighted by atomic mass is 10.1. The molecule has 0 bridgehead atoms. The lowest BCUT2D eigenvalue weighted by Crippen LogP contribution is -2.01. The molecule has 0 saturated carbocycles. The summed E-state index contributed by atoms with van der Waals surface area (Å²) in [4.78, 5) is 11.8. The van der Waals surface area contributed by atoms with Crippen molar-refractivity contribution in [2.75, 3.05) is 6.61 Å². The minimum atomic E-state index is -0.424. The summed E-state index contributed by atoms with van der Waals surface area (Å²) in [5.41, 5.74) is 0.843. The number of hydrogen-bond acceptors (Lipinski definition) is 4. The molecule has 0 saturated heterocycles. The first-order chi connectivity index (χ1) is 8.22. The molecule has 5 heteroatoms. The van der Waals surface area contributed by atoms with E-state index in [0.717, 1.165) is 11.5 Å². The highest BCUT2D eigenvalue weighted by Crippen LogP contribution is 2.24. The van der Waals surface area contributed by atoms with Gasteiger partial charge in [0.1, 0.15) is 10.7 Å².